The quantitative estimate of drug-likeness (QED) is 0.369. The van der Waals surface area contributed by atoms with Crippen LogP contribution < -0.4 is 14.3 Å². The summed E-state index contributed by atoms with van der Waals surface area (Å²) in [6.07, 6.45) is 7.92. The molecule has 0 spiro atoms. The highest BCUT2D eigenvalue weighted by atomic mass is 32.2. The Morgan fingerprint density at radius 3 is 2.27 bits per heavy atom. The zero-order valence-corrected chi connectivity index (χ0v) is 24.7. The molecular weight excluding hydrogens is 548 g/mol. The Kier molecular flexibility index (Phi) is 9.36. The number of sulfonamides is 1. The summed E-state index contributed by atoms with van der Waals surface area (Å²) in [4.78, 5) is 5.85. The molecule has 0 radical (unpaired) electrons. The van der Waals surface area contributed by atoms with Crippen molar-refractivity contribution in [2.45, 2.75) is 49.8 Å². The molecule has 2 fully saturated rings. The number of morpholine rings is 1. The van der Waals surface area contributed by atoms with E-state index in [1.54, 1.807) is 38.5 Å². The minimum atomic E-state index is -3.57. The normalized spacial score (nSPS) is 17.8. The number of ether oxygens (including phenoxy) is 3. The summed E-state index contributed by atoms with van der Waals surface area (Å²) < 4.78 is 46.0. The highest BCUT2D eigenvalue weighted by Gasteiger charge is 2.26. The van der Waals surface area contributed by atoms with E-state index in [0.717, 1.165) is 54.2 Å². The van der Waals surface area contributed by atoms with Gasteiger partial charge in [-0.1, -0.05) is 19.3 Å². The molecule has 1 aromatic heterocycles. The fourth-order valence-corrected chi connectivity index (χ4v) is 7.22. The van der Waals surface area contributed by atoms with Crippen LogP contribution >= 0.6 is 11.3 Å². The number of benzene rings is 2. The fourth-order valence-electron chi connectivity index (χ4n) is 4.97. The first-order valence-electron chi connectivity index (χ1n) is 13.7. The zero-order valence-electron chi connectivity index (χ0n) is 23.0. The minimum Gasteiger partial charge on any atom is -0.497 e. The van der Waals surface area contributed by atoms with E-state index in [9.17, 15) is 8.42 Å². The van der Waals surface area contributed by atoms with Crippen LogP contribution in [-0.4, -0.2) is 63.6 Å². The van der Waals surface area contributed by atoms with Gasteiger partial charge in [0.2, 0.25) is 14.8 Å². The third-order valence-electron chi connectivity index (χ3n) is 7.21. The SMILES string of the molecule is COc1ccc(OC)c(-c2csc(=Nc3ccc(S(=O)(=O)N4CCOCC4)cc3)n2N=C2CCCCCCC2)c1. The molecule has 9 nitrogen and oxygen atoms in total. The molecular formula is C29H36N4O5S2. The van der Waals surface area contributed by atoms with E-state index in [2.05, 4.69) is 0 Å². The molecule has 1 saturated carbocycles. The molecule has 0 amide bonds. The second-order valence-electron chi connectivity index (χ2n) is 9.84. The second-order valence-corrected chi connectivity index (χ2v) is 12.6. The smallest absolute Gasteiger partial charge is 0.243 e. The summed E-state index contributed by atoms with van der Waals surface area (Å²) in [5, 5.41) is 7.17. The van der Waals surface area contributed by atoms with Gasteiger partial charge >= 0.3 is 0 Å². The van der Waals surface area contributed by atoms with Crippen molar-refractivity contribution in [3.8, 4) is 22.8 Å². The van der Waals surface area contributed by atoms with Crippen LogP contribution in [0, 0.1) is 0 Å². The molecule has 0 atom stereocenters. The maximum absolute atomic E-state index is 13.1. The monoisotopic (exact) mass is 584 g/mol. The first kappa shape index (κ1) is 28.5. The zero-order chi connectivity index (χ0) is 28.0. The lowest BCUT2D eigenvalue weighted by molar-refractivity contribution is 0.0730. The van der Waals surface area contributed by atoms with Gasteiger partial charge in [-0.2, -0.15) is 9.41 Å². The van der Waals surface area contributed by atoms with Crippen molar-refractivity contribution < 1.29 is 22.6 Å². The van der Waals surface area contributed by atoms with Gasteiger partial charge in [-0.25, -0.2) is 18.1 Å². The minimum absolute atomic E-state index is 0.254. The van der Waals surface area contributed by atoms with Gasteiger partial charge in [0.05, 0.1) is 43.7 Å². The summed E-state index contributed by atoms with van der Waals surface area (Å²) in [7, 11) is -0.272. The summed E-state index contributed by atoms with van der Waals surface area (Å²) >= 11 is 1.48. The van der Waals surface area contributed by atoms with Crippen LogP contribution in [0.15, 0.2) is 62.8 Å². The van der Waals surface area contributed by atoms with Gasteiger partial charge in [-0.05, 0) is 68.1 Å². The molecule has 2 aromatic carbocycles. The third-order valence-corrected chi connectivity index (χ3v) is 9.94. The maximum atomic E-state index is 13.1. The Labute approximate surface area is 239 Å². The molecule has 1 saturated heterocycles. The second kappa shape index (κ2) is 13.1. The van der Waals surface area contributed by atoms with Crippen LogP contribution in [0.4, 0.5) is 5.69 Å². The first-order valence-corrected chi connectivity index (χ1v) is 16.0. The van der Waals surface area contributed by atoms with Gasteiger partial charge in [-0.3, -0.25) is 0 Å². The first-order chi connectivity index (χ1) is 19.5. The summed E-state index contributed by atoms with van der Waals surface area (Å²) in [5.74, 6) is 1.44. The van der Waals surface area contributed by atoms with E-state index < -0.39 is 10.0 Å². The van der Waals surface area contributed by atoms with Gasteiger partial charge in [0.15, 0.2) is 0 Å². The Balaban J connectivity index is 1.56. The topological polar surface area (TPSA) is 94.7 Å². The number of rotatable bonds is 7. The van der Waals surface area contributed by atoms with Gasteiger partial charge < -0.3 is 14.2 Å². The summed E-state index contributed by atoms with van der Waals surface area (Å²) in [5.41, 5.74) is 3.54. The largest absolute Gasteiger partial charge is 0.497 e. The van der Waals surface area contributed by atoms with Gasteiger partial charge in [0.1, 0.15) is 11.5 Å². The van der Waals surface area contributed by atoms with Crippen molar-refractivity contribution in [2.75, 3.05) is 40.5 Å². The molecule has 2 heterocycles. The number of hydrogen-bond donors (Lipinski definition) is 0. The molecule has 3 aromatic rings. The maximum Gasteiger partial charge on any atom is 0.243 e. The number of nitrogens with zero attached hydrogens (tertiary/aromatic N) is 4. The summed E-state index contributed by atoms with van der Waals surface area (Å²) in [6, 6.07) is 12.4. The molecule has 40 heavy (non-hydrogen) atoms. The Morgan fingerprint density at radius 2 is 1.60 bits per heavy atom. The molecule has 1 aliphatic heterocycles. The van der Waals surface area contributed by atoms with E-state index in [-0.39, 0.29) is 4.90 Å². The molecule has 214 valence electrons. The van der Waals surface area contributed by atoms with Crippen molar-refractivity contribution in [2.24, 2.45) is 10.1 Å². The Morgan fingerprint density at radius 1 is 0.900 bits per heavy atom. The average Bonchev–Trinajstić information content (AvgIpc) is 3.36. The number of methoxy groups -OCH3 is 2. The van der Waals surface area contributed by atoms with Crippen LogP contribution in [0.1, 0.15) is 44.9 Å². The van der Waals surface area contributed by atoms with Crippen LogP contribution in [0.5, 0.6) is 11.5 Å². The Hall–Kier alpha value is -2.99. The van der Waals surface area contributed by atoms with Crippen molar-refractivity contribution in [3.63, 3.8) is 0 Å². The average molecular weight is 585 g/mol. The van der Waals surface area contributed by atoms with Crippen LogP contribution in [0.3, 0.4) is 0 Å². The van der Waals surface area contributed by atoms with Gasteiger partial charge in [-0.15, -0.1) is 11.3 Å². The fraction of sp³-hybridized carbons (Fsp3) is 0.448. The van der Waals surface area contributed by atoms with Crippen molar-refractivity contribution in [1.29, 1.82) is 0 Å². The predicted octanol–water partition coefficient (Wildman–Crippen LogP) is 5.44. The van der Waals surface area contributed by atoms with E-state index in [1.807, 2.05) is 28.3 Å². The molecule has 0 unspecified atom stereocenters. The van der Waals surface area contributed by atoms with Crippen LogP contribution in [0.25, 0.3) is 11.3 Å². The number of aromatic nitrogens is 1. The Bertz CT molecular complexity index is 1490. The number of hydrogen-bond acceptors (Lipinski definition) is 8. The van der Waals surface area contributed by atoms with Crippen molar-refractivity contribution >= 4 is 32.8 Å². The van der Waals surface area contributed by atoms with Crippen LogP contribution in [-0.2, 0) is 14.8 Å². The highest BCUT2D eigenvalue weighted by Crippen LogP contribution is 2.34. The molecule has 2 aliphatic rings. The lowest BCUT2D eigenvalue weighted by Crippen LogP contribution is -2.40. The van der Waals surface area contributed by atoms with Crippen molar-refractivity contribution in [3.05, 3.63) is 52.6 Å². The van der Waals surface area contributed by atoms with E-state index in [4.69, 9.17) is 24.3 Å². The standard InChI is InChI=1S/C29H36N4O5S2/c1-36-24-12-15-28(37-2)26(20-24)27-21-39-29(33(27)31-23-8-6-4-3-5-7-9-23)30-22-10-13-25(14-11-22)40(34,35)32-16-18-38-19-17-32/h10-15,20-21H,3-9,16-19H2,1-2H3. The molecule has 1 aliphatic carbocycles. The molecule has 0 N–H and O–H groups in total. The molecule has 0 bridgehead atoms. The van der Waals surface area contributed by atoms with E-state index in [0.29, 0.717) is 36.8 Å². The third kappa shape index (κ3) is 6.49. The predicted molar refractivity (Wildman–Crippen MR) is 157 cm³/mol. The molecule has 5 rings (SSSR count). The van der Waals surface area contributed by atoms with Crippen molar-refractivity contribution in [1.82, 2.24) is 8.98 Å². The highest BCUT2D eigenvalue weighted by molar-refractivity contribution is 7.89. The van der Waals surface area contributed by atoms with E-state index in [1.165, 1.54) is 34.9 Å². The number of thiazole rings is 1. The summed E-state index contributed by atoms with van der Waals surface area (Å²) in [6.45, 7) is 1.54. The van der Waals surface area contributed by atoms with E-state index >= 15 is 0 Å². The lowest BCUT2D eigenvalue weighted by Gasteiger charge is -2.26. The van der Waals surface area contributed by atoms with Crippen LogP contribution in [0.2, 0.25) is 0 Å². The van der Waals surface area contributed by atoms with Gasteiger partial charge in [0, 0.05) is 29.7 Å². The lowest BCUT2D eigenvalue weighted by atomic mass is 9.99. The molecule has 11 heteroatoms. The van der Waals surface area contributed by atoms with Gasteiger partial charge in [0.25, 0.3) is 0 Å².